The Labute approximate surface area is 256 Å². The summed E-state index contributed by atoms with van der Waals surface area (Å²) >= 11 is 0. The Hall–Kier alpha value is -5.54. The molecular formula is C41H29N3. The van der Waals surface area contributed by atoms with Crippen LogP contribution in [0.3, 0.4) is 0 Å². The van der Waals surface area contributed by atoms with Crippen molar-refractivity contribution in [3.05, 3.63) is 151 Å². The molecule has 2 aromatic heterocycles. The van der Waals surface area contributed by atoms with Gasteiger partial charge in [0.05, 0.1) is 22.4 Å². The van der Waals surface area contributed by atoms with Gasteiger partial charge in [0.2, 0.25) is 5.95 Å². The number of hydrogen-bond acceptors (Lipinski definition) is 2. The molecule has 1 aliphatic rings. The lowest BCUT2D eigenvalue weighted by Gasteiger charge is -2.21. The summed E-state index contributed by atoms with van der Waals surface area (Å²) in [5.41, 5.74) is 11.5. The highest BCUT2D eigenvalue weighted by Gasteiger charge is 2.35. The first-order valence-corrected chi connectivity index (χ1v) is 15.2. The number of para-hydroxylation sites is 1. The van der Waals surface area contributed by atoms with Gasteiger partial charge in [0.1, 0.15) is 0 Å². The average Bonchev–Trinajstić information content (AvgIpc) is 3.53. The van der Waals surface area contributed by atoms with Crippen molar-refractivity contribution in [1.29, 1.82) is 0 Å². The number of hydrogen-bond donors (Lipinski definition) is 0. The van der Waals surface area contributed by atoms with Gasteiger partial charge in [-0.3, -0.25) is 4.57 Å². The second kappa shape index (κ2) is 9.23. The van der Waals surface area contributed by atoms with Crippen molar-refractivity contribution in [3.63, 3.8) is 0 Å². The Kier molecular flexibility index (Phi) is 5.24. The fraction of sp³-hybridized carbons (Fsp3) is 0.0732. The van der Waals surface area contributed by atoms with E-state index in [-0.39, 0.29) is 5.41 Å². The maximum Gasteiger partial charge on any atom is 0.235 e. The van der Waals surface area contributed by atoms with Crippen LogP contribution in [0.15, 0.2) is 140 Å². The molecule has 208 valence electrons. The zero-order valence-corrected chi connectivity index (χ0v) is 24.6. The average molecular weight is 564 g/mol. The van der Waals surface area contributed by atoms with Gasteiger partial charge in [-0.1, -0.05) is 123 Å². The predicted molar refractivity (Wildman–Crippen MR) is 182 cm³/mol. The second-order valence-electron chi connectivity index (χ2n) is 12.3. The molecule has 0 amide bonds. The molecule has 0 bridgehead atoms. The lowest BCUT2D eigenvalue weighted by molar-refractivity contribution is 0.661. The second-order valence-corrected chi connectivity index (χ2v) is 12.3. The molecule has 0 saturated carbocycles. The van der Waals surface area contributed by atoms with E-state index in [1.54, 1.807) is 0 Å². The maximum absolute atomic E-state index is 5.21. The summed E-state index contributed by atoms with van der Waals surface area (Å²) < 4.78 is 2.25. The van der Waals surface area contributed by atoms with Gasteiger partial charge in [-0.25, -0.2) is 9.97 Å². The van der Waals surface area contributed by atoms with Gasteiger partial charge in [-0.15, -0.1) is 0 Å². The predicted octanol–water partition coefficient (Wildman–Crippen LogP) is 10.4. The summed E-state index contributed by atoms with van der Waals surface area (Å²) in [5, 5.41) is 4.95. The first-order chi connectivity index (χ1) is 21.6. The van der Waals surface area contributed by atoms with Crippen LogP contribution in [0.1, 0.15) is 25.0 Å². The lowest BCUT2D eigenvalue weighted by atomic mass is 9.81. The van der Waals surface area contributed by atoms with Gasteiger partial charge >= 0.3 is 0 Å². The third kappa shape index (κ3) is 3.56. The Morgan fingerprint density at radius 1 is 0.500 bits per heavy atom. The minimum absolute atomic E-state index is 0.0711. The van der Waals surface area contributed by atoms with E-state index >= 15 is 0 Å². The summed E-state index contributed by atoms with van der Waals surface area (Å²) in [4.78, 5) is 10.4. The van der Waals surface area contributed by atoms with Gasteiger partial charge in [0.15, 0.2) is 0 Å². The molecule has 8 aromatic rings. The fourth-order valence-electron chi connectivity index (χ4n) is 7.25. The van der Waals surface area contributed by atoms with Crippen LogP contribution in [0.2, 0.25) is 0 Å². The fourth-order valence-corrected chi connectivity index (χ4v) is 7.25. The number of aromatic nitrogens is 3. The summed E-state index contributed by atoms with van der Waals surface area (Å²) in [7, 11) is 0. The number of fused-ring (bicyclic) bond motifs is 8. The first-order valence-electron chi connectivity index (χ1n) is 15.2. The SMILES string of the molecule is CC1(C)c2ccccc2-c2cc3ccc4c(c3cc21)c1ccccc1n4-c1nc(-c2ccccc2)cc(-c2ccccc2)n1. The molecule has 3 heteroatoms. The molecule has 44 heavy (non-hydrogen) atoms. The quantitative estimate of drug-likeness (QED) is 0.214. The highest BCUT2D eigenvalue weighted by atomic mass is 15.2. The molecule has 0 fully saturated rings. The van der Waals surface area contributed by atoms with Crippen LogP contribution in [0.5, 0.6) is 0 Å². The molecule has 0 spiro atoms. The zero-order valence-electron chi connectivity index (χ0n) is 24.6. The Morgan fingerprint density at radius 2 is 1.14 bits per heavy atom. The Balaban J connectivity index is 1.36. The van der Waals surface area contributed by atoms with Crippen LogP contribution in [0.25, 0.3) is 72.2 Å². The van der Waals surface area contributed by atoms with Crippen LogP contribution >= 0.6 is 0 Å². The Morgan fingerprint density at radius 3 is 1.86 bits per heavy atom. The largest absolute Gasteiger partial charge is 0.278 e. The van der Waals surface area contributed by atoms with Crippen LogP contribution in [-0.4, -0.2) is 14.5 Å². The van der Waals surface area contributed by atoms with Gasteiger partial charge in [-0.05, 0) is 63.4 Å². The van der Waals surface area contributed by atoms with Crippen LogP contribution in [0, 0.1) is 0 Å². The molecule has 6 aromatic carbocycles. The standard InChI is InChI=1S/C41H29N3/c1-41(2)33-19-11-9-17-29(33)32-23-28-21-22-38-39(31(28)24-34(32)41)30-18-10-12-20-37(30)44(38)40-42-35(26-13-5-3-6-14-26)25-36(43-40)27-15-7-4-8-16-27/h3-25H,1-2H3. The number of rotatable bonds is 3. The van der Waals surface area contributed by atoms with Crippen molar-refractivity contribution in [1.82, 2.24) is 14.5 Å². The molecule has 0 N–H and O–H groups in total. The molecule has 0 atom stereocenters. The summed E-state index contributed by atoms with van der Waals surface area (Å²) in [6, 6.07) is 49.7. The van der Waals surface area contributed by atoms with Crippen LogP contribution < -0.4 is 0 Å². The first kappa shape index (κ1) is 25.0. The van der Waals surface area contributed by atoms with E-state index in [2.05, 4.69) is 146 Å². The van der Waals surface area contributed by atoms with E-state index in [1.165, 1.54) is 43.8 Å². The minimum atomic E-state index is -0.0711. The number of nitrogens with zero attached hydrogens (tertiary/aromatic N) is 3. The van der Waals surface area contributed by atoms with Gasteiger partial charge in [0, 0.05) is 27.3 Å². The summed E-state index contributed by atoms with van der Waals surface area (Å²) in [5.74, 6) is 0.671. The normalized spacial score (nSPS) is 13.4. The molecular weight excluding hydrogens is 534 g/mol. The summed E-state index contributed by atoms with van der Waals surface area (Å²) in [6.45, 7) is 4.70. The lowest BCUT2D eigenvalue weighted by Crippen LogP contribution is -2.14. The minimum Gasteiger partial charge on any atom is -0.278 e. The molecule has 9 rings (SSSR count). The van der Waals surface area contributed by atoms with Crippen molar-refractivity contribution < 1.29 is 0 Å². The van der Waals surface area contributed by atoms with Crippen molar-refractivity contribution in [2.45, 2.75) is 19.3 Å². The van der Waals surface area contributed by atoms with E-state index in [0.29, 0.717) is 5.95 Å². The highest BCUT2D eigenvalue weighted by molar-refractivity contribution is 6.22. The molecule has 0 unspecified atom stereocenters. The van der Waals surface area contributed by atoms with Crippen molar-refractivity contribution >= 4 is 32.6 Å². The molecule has 0 saturated heterocycles. The van der Waals surface area contributed by atoms with Gasteiger partial charge in [0.25, 0.3) is 0 Å². The third-order valence-corrected chi connectivity index (χ3v) is 9.41. The van der Waals surface area contributed by atoms with E-state index < -0.39 is 0 Å². The number of benzene rings is 6. The monoisotopic (exact) mass is 563 g/mol. The summed E-state index contributed by atoms with van der Waals surface area (Å²) in [6.07, 6.45) is 0. The van der Waals surface area contributed by atoms with E-state index in [4.69, 9.17) is 9.97 Å². The van der Waals surface area contributed by atoms with Crippen molar-refractivity contribution in [2.24, 2.45) is 0 Å². The third-order valence-electron chi connectivity index (χ3n) is 9.41. The highest BCUT2D eigenvalue weighted by Crippen LogP contribution is 2.50. The molecule has 0 aliphatic heterocycles. The molecule has 0 radical (unpaired) electrons. The van der Waals surface area contributed by atoms with Crippen molar-refractivity contribution in [2.75, 3.05) is 0 Å². The smallest absolute Gasteiger partial charge is 0.235 e. The van der Waals surface area contributed by atoms with Crippen LogP contribution in [0.4, 0.5) is 0 Å². The zero-order chi connectivity index (χ0) is 29.4. The van der Waals surface area contributed by atoms with E-state index in [9.17, 15) is 0 Å². The van der Waals surface area contributed by atoms with Gasteiger partial charge in [-0.2, -0.15) is 0 Å². The topological polar surface area (TPSA) is 30.7 Å². The van der Waals surface area contributed by atoms with E-state index in [1.807, 2.05) is 12.1 Å². The Bertz CT molecular complexity index is 2340. The maximum atomic E-state index is 5.21. The van der Waals surface area contributed by atoms with E-state index in [0.717, 1.165) is 33.5 Å². The molecule has 3 nitrogen and oxygen atoms in total. The molecule has 2 heterocycles. The molecule has 1 aliphatic carbocycles. The van der Waals surface area contributed by atoms with Crippen LogP contribution in [-0.2, 0) is 5.41 Å². The van der Waals surface area contributed by atoms with Crippen molar-refractivity contribution in [3.8, 4) is 39.6 Å². The van der Waals surface area contributed by atoms with Gasteiger partial charge < -0.3 is 0 Å².